The molecule has 302 valence electrons. The Morgan fingerprint density at radius 1 is 1.14 bits per heavy atom. The second-order valence-corrected chi connectivity index (χ2v) is 15.9. The highest BCUT2D eigenvalue weighted by Gasteiger charge is 2.49. The van der Waals surface area contributed by atoms with Gasteiger partial charge in [0, 0.05) is 63.3 Å². The van der Waals surface area contributed by atoms with Gasteiger partial charge in [0.25, 0.3) is 0 Å². The third-order valence-corrected chi connectivity index (χ3v) is 10.6. The lowest BCUT2D eigenvalue weighted by Gasteiger charge is -2.31. The quantitative estimate of drug-likeness (QED) is 0.180. The van der Waals surface area contributed by atoms with E-state index in [4.69, 9.17) is 25.6 Å². The first-order chi connectivity index (χ1) is 27.2. The fourth-order valence-corrected chi connectivity index (χ4v) is 7.88. The lowest BCUT2D eigenvalue weighted by atomic mass is 9.95. The van der Waals surface area contributed by atoms with E-state index < -0.39 is 41.1 Å². The second-order valence-electron chi connectivity index (χ2n) is 15.9. The molecule has 57 heavy (non-hydrogen) atoms. The summed E-state index contributed by atoms with van der Waals surface area (Å²) in [5, 5.41) is 5.29. The zero-order valence-corrected chi connectivity index (χ0v) is 32.6. The zero-order valence-electron chi connectivity index (χ0n) is 32.6. The Hall–Kier alpha value is -5.40. The Balaban J connectivity index is 1.26. The van der Waals surface area contributed by atoms with E-state index in [1.807, 2.05) is 5.01 Å². The summed E-state index contributed by atoms with van der Waals surface area (Å²) < 4.78 is 64.3. The number of pyridine rings is 1. The van der Waals surface area contributed by atoms with Crippen LogP contribution in [0.3, 0.4) is 0 Å². The molecule has 3 aliphatic heterocycles. The van der Waals surface area contributed by atoms with Gasteiger partial charge in [-0.1, -0.05) is 18.4 Å². The third kappa shape index (κ3) is 8.50. The number of carbonyl (C=O) groups is 2. The zero-order chi connectivity index (χ0) is 40.5. The summed E-state index contributed by atoms with van der Waals surface area (Å²) in [5.41, 5.74) is 1.79. The molecule has 3 aliphatic rings. The molecule has 0 saturated carbocycles. The van der Waals surface area contributed by atoms with Crippen LogP contribution < -0.4 is 25.2 Å². The fourth-order valence-electron chi connectivity index (χ4n) is 7.88. The van der Waals surface area contributed by atoms with Crippen LogP contribution >= 0.6 is 0 Å². The van der Waals surface area contributed by atoms with Crippen molar-refractivity contribution >= 4 is 39.7 Å². The minimum absolute atomic E-state index is 0.00889. The number of alkyl carbamates (subject to hydrolysis) is 1. The van der Waals surface area contributed by atoms with Crippen LogP contribution in [0, 0.1) is 24.0 Å². The van der Waals surface area contributed by atoms with Crippen LogP contribution in [0.2, 0.25) is 0 Å². The number of benzene rings is 2. The monoisotopic (exact) mass is 788 g/mol. The number of aromatic nitrogens is 3. The van der Waals surface area contributed by atoms with E-state index in [9.17, 15) is 14.0 Å². The van der Waals surface area contributed by atoms with Gasteiger partial charge < -0.3 is 24.4 Å². The van der Waals surface area contributed by atoms with Crippen molar-refractivity contribution in [3.8, 4) is 35.4 Å². The van der Waals surface area contributed by atoms with E-state index in [2.05, 4.69) is 31.5 Å². The van der Waals surface area contributed by atoms with Gasteiger partial charge in [-0.3, -0.25) is 14.9 Å². The van der Waals surface area contributed by atoms with Crippen LogP contribution in [0.15, 0.2) is 30.5 Å². The molecule has 2 amide bonds. The number of halogens is 3. The summed E-state index contributed by atoms with van der Waals surface area (Å²) in [4.78, 5) is 42.5. The van der Waals surface area contributed by atoms with Crippen LogP contribution in [0.4, 0.5) is 28.6 Å². The van der Waals surface area contributed by atoms with Crippen molar-refractivity contribution in [2.75, 3.05) is 57.9 Å². The van der Waals surface area contributed by atoms with Gasteiger partial charge in [-0.15, -0.1) is 6.42 Å². The first-order valence-corrected chi connectivity index (χ1v) is 19.3. The average Bonchev–Trinajstić information content (AvgIpc) is 3.54. The largest absolute Gasteiger partial charge is 0.461 e. The van der Waals surface area contributed by atoms with Crippen LogP contribution in [-0.4, -0.2) is 107 Å². The highest BCUT2D eigenvalue weighted by Crippen LogP contribution is 2.42. The van der Waals surface area contributed by atoms with Gasteiger partial charge in [0.2, 0.25) is 0 Å². The number of likely N-dealkylation sites (N-methyl/N-ethyl adjacent to an activating group) is 1. The van der Waals surface area contributed by atoms with Crippen molar-refractivity contribution in [3.63, 3.8) is 0 Å². The normalized spacial score (nSPS) is 19.9. The lowest BCUT2D eigenvalue weighted by molar-refractivity contribution is 0.0522. The summed E-state index contributed by atoms with van der Waals surface area (Å²) in [6.07, 6.45) is 9.73. The second kappa shape index (κ2) is 16.2. The van der Waals surface area contributed by atoms with Gasteiger partial charge in [-0.25, -0.2) is 28.2 Å². The van der Waals surface area contributed by atoms with Crippen molar-refractivity contribution in [2.24, 2.45) is 0 Å². The third-order valence-electron chi connectivity index (χ3n) is 10.6. The molecule has 0 aliphatic carbocycles. The minimum atomic E-state index is -0.960. The number of fused-ring (bicyclic) bond motifs is 3. The maximum Gasteiger partial charge on any atom is 0.415 e. The molecular formula is C41H47F3N8O5. The lowest BCUT2D eigenvalue weighted by Crippen LogP contribution is -2.43. The van der Waals surface area contributed by atoms with Gasteiger partial charge in [-0.05, 0) is 76.6 Å². The van der Waals surface area contributed by atoms with E-state index in [0.29, 0.717) is 42.6 Å². The number of hydrogen-bond donors (Lipinski definition) is 2. The number of ether oxygens (including phenoxy) is 3. The van der Waals surface area contributed by atoms with Crippen LogP contribution in [0.1, 0.15) is 64.9 Å². The number of hydrogen-bond acceptors (Lipinski definition) is 11. The van der Waals surface area contributed by atoms with Gasteiger partial charge in [0.05, 0.1) is 16.5 Å². The molecule has 4 aromatic rings. The molecule has 13 nitrogen and oxygen atoms in total. The number of rotatable bonds is 9. The van der Waals surface area contributed by atoms with Gasteiger partial charge in [0.15, 0.2) is 11.6 Å². The smallest absolute Gasteiger partial charge is 0.415 e. The molecule has 7 rings (SSSR count). The van der Waals surface area contributed by atoms with E-state index in [1.165, 1.54) is 42.4 Å². The SMILES string of the molecule is C#Cc1c(F)ccc2cc(OC(=O)N(C)CCNC(=O)OC(C)(C)C)cc(-c3ncc4c(N5CCCCCN5)nc(OC[C@@]56CCCN5C[C@H](F)C6)nc4c3F)c12. The molecule has 2 N–H and O–H groups in total. The minimum Gasteiger partial charge on any atom is -0.461 e. The van der Waals surface area contributed by atoms with Crippen molar-refractivity contribution in [1.82, 2.24) is 35.5 Å². The van der Waals surface area contributed by atoms with Crippen LogP contribution in [0.25, 0.3) is 32.9 Å². The van der Waals surface area contributed by atoms with E-state index in [1.54, 1.807) is 20.8 Å². The Bertz CT molecular complexity index is 2220. The molecule has 2 aromatic heterocycles. The maximum absolute atomic E-state index is 17.3. The molecule has 2 atom stereocenters. The summed E-state index contributed by atoms with van der Waals surface area (Å²) in [6.45, 7) is 7.91. The number of anilines is 1. The molecule has 0 bridgehead atoms. The molecule has 3 fully saturated rings. The highest BCUT2D eigenvalue weighted by molar-refractivity contribution is 6.03. The molecular weight excluding hydrogens is 741 g/mol. The first-order valence-electron chi connectivity index (χ1n) is 19.3. The molecule has 0 radical (unpaired) electrons. The van der Waals surface area contributed by atoms with Crippen LogP contribution in [0.5, 0.6) is 11.8 Å². The van der Waals surface area contributed by atoms with Crippen molar-refractivity contribution in [2.45, 2.75) is 76.6 Å². The maximum atomic E-state index is 17.3. The van der Waals surface area contributed by atoms with E-state index in [-0.39, 0.29) is 59.2 Å². The fraction of sp³-hybridized carbons (Fsp3) is 0.488. The number of nitrogens with zero attached hydrogens (tertiary/aromatic N) is 6. The number of hydrazine groups is 1. The molecule has 3 saturated heterocycles. The molecule has 0 spiro atoms. The number of terminal acetylenes is 1. The molecule has 0 unspecified atom stereocenters. The topological polar surface area (TPSA) is 134 Å². The summed E-state index contributed by atoms with van der Waals surface area (Å²) >= 11 is 0. The Kier molecular flexibility index (Phi) is 11.3. The number of amides is 2. The van der Waals surface area contributed by atoms with Gasteiger partial charge in [-0.2, -0.15) is 9.97 Å². The molecule has 16 heteroatoms. The van der Waals surface area contributed by atoms with Crippen LogP contribution in [-0.2, 0) is 4.74 Å². The van der Waals surface area contributed by atoms with Crippen molar-refractivity contribution in [1.29, 1.82) is 0 Å². The van der Waals surface area contributed by atoms with Gasteiger partial charge in [0.1, 0.15) is 41.2 Å². The summed E-state index contributed by atoms with van der Waals surface area (Å²) in [7, 11) is 1.49. The average molecular weight is 789 g/mol. The van der Waals surface area contributed by atoms with Gasteiger partial charge >= 0.3 is 18.2 Å². The highest BCUT2D eigenvalue weighted by atomic mass is 19.1. The Labute approximate surface area is 329 Å². The van der Waals surface area contributed by atoms with E-state index in [0.717, 1.165) is 38.6 Å². The summed E-state index contributed by atoms with van der Waals surface area (Å²) in [6, 6.07) is 5.44. The summed E-state index contributed by atoms with van der Waals surface area (Å²) in [5.74, 6) is 1.20. The Morgan fingerprint density at radius 2 is 1.96 bits per heavy atom. The van der Waals surface area contributed by atoms with Crippen molar-refractivity contribution in [3.05, 3.63) is 47.7 Å². The Morgan fingerprint density at radius 3 is 2.75 bits per heavy atom. The first kappa shape index (κ1) is 39.8. The van der Waals surface area contributed by atoms with Crippen molar-refractivity contribution < 1.29 is 37.0 Å². The molecule has 2 aromatic carbocycles. The number of nitrogens with one attached hydrogen (secondary N) is 2. The predicted molar refractivity (Wildman–Crippen MR) is 209 cm³/mol. The standard InChI is InChI=1S/C41H47F3N8O5/c1-6-28-31(43)12-11-25-19-27(56-39(54)50(5)18-15-45-38(53)57-40(2,3)4)20-29(32(25)28)34-33(44)35-30(22-46-34)36(52-17-9-7-8-14-47-52)49-37(48-35)55-24-41-13-10-16-51(41)23-26(42)21-41/h1,11-12,19-20,22,26,47H,7-10,13-18,21,23-24H2,2-5H3,(H,45,53)/t26-,41+/m1/s1. The molecule has 5 heterocycles. The number of alkyl halides is 1. The van der Waals surface area contributed by atoms with E-state index >= 15 is 8.78 Å². The predicted octanol–water partition coefficient (Wildman–Crippen LogP) is 6.51. The number of carbonyl (C=O) groups excluding carboxylic acids is 2.